The molecular formula is C23H28BrN3O4. The lowest BCUT2D eigenvalue weighted by atomic mass is 10.1. The molecule has 0 saturated heterocycles. The quantitative estimate of drug-likeness (QED) is 0.358. The summed E-state index contributed by atoms with van der Waals surface area (Å²) in [4.78, 5) is 36.7. The van der Waals surface area contributed by atoms with Gasteiger partial charge < -0.3 is 10.1 Å². The number of nitrogens with one attached hydrogen (secondary N) is 3. The third-order valence-corrected chi connectivity index (χ3v) is 4.99. The van der Waals surface area contributed by atoms with Gasteiger partial charge in [0, 0.05) is 23.0 Å². The van der Waals surface area contributed by atoms with Gasteiger partial charge in [0.1, 0.15) is 5.75 Å². The van der Waals surface area contributed by atoms with Gasteiger partial charge >= 0.3 is 0 Å². The van der Waals surface area contributed by atoms with Gasteiger partial charge in [-0.05, 0) is 50.1 Å². The molecule has 0 saturated carbocycles. The average Bonchev–Trinajstić information content (AvgIpc) is 2.73. The number of aryl methyl sites for hydroxylation is 2. The van der Waals surface area contributed by atoms with Gasteiger partial charge in [0.2, 0.25) is 11.8 Å². The van der Waals surface area contributed by atoms with E-state index in [0.29, 0.717) is 17.9 Å². The lowest BCUT2D eigenvalue weighted by Crippen LogP contribution is -2.42. The van der Waals surface area contributed by atoms with Gasteiger partial charge in [-0.25, -0.2) is 0 Å². The van der Waals surface area contributed by atoms with Gasteiger partial charge in [-0.3, -0.25) is 25.2 Å². The highest BCUT2D eigenvalue weighted by molar-refractivity contribution is 9.10. The van der Waals surface area contributed by atoms with Crippen molar-refractivity contribution in [3.63, 3.8) is 0 Å². The maximum absolute atomic E-state index is 12.5. The van der Waals surface area contributed by atoms with E-state index in [1.165, 1.54) is 0 Å². The summed E-state index contributed by atoms with van der Waals surface area (Å²) >= 11 is 3.34. The molecule has 0 atom stereocenters. The Morgan fingerprint density at radius 2 is 1.71 bits per heavy atom. The molecule has 0 bridgehead atoms. The molecule has 8 heteroatoms. The van der Waals surface area contributed by atoms with Crippen LogP contribution in [0.1, 0.15) is 54.1 Å². The monoisotopic (exact) mass is 489 g/mol. The van der Waals surface area contributed by atoms with Crippen molar-refractivity contribution in [2.75, 3.05) is 11.9 Å². The highest BCUT2D eigenvalue weighted by Crippen LogP contribution is 2.23. The van der Waals surface area contributed by atoms with Crippen molar-refractivity contribution >= 4 is 39.3 Å². The van der Waals surface area contributed by atoms with E-state index >= 15 is 0 Å². The zero-order chi connectivity index (χ0) is 22.8. The van der Waals surface area contributed by atoms with Crippen LogP contribution in [0.2, 0.25) is 0 Å². The van der Waals surface area contributed by atoms with Gasteiger partial charge in [-0.15, -0.1) is 0 Å². The molecule has 2 rings (SSSR count). The zero-order valence-electron chi connectivity index (χ0n) is 18.0. The molecule has 0 aliphatic heterocycles. The zero-order valence-corrected chi connectivity index (χ0v) is 19.6. The normalized spacial score (nSPS) is 10.3. The van der Waals surface area contributed by atoms with Crippen molar-refractivity contribution in [1.29, 1.82) is 0 Å². The summed E-state index contributed by atoms with van der Waals surface area (Å²) in [5.41, 5.74) is 7.80. The Labute approximate surface area is 191 Å². The SMILES string of the molecule is CCCCOc1ccc(Br)cc1C(=O)NNC(=O)CCC(=O)Nc1ccc(C)cc1C. The van der Waals surface area contributed by atoms with E-state index in [4.69, 9.17) is 4.74 Å². The predicted octanol–water partition coefficient (Wildman–Crippen LogP) is 4.42. The van der Waals surface area contributed by atoms with Crippen LogP contribution >= 0.6 is 15.9 Å². The number of anilines is 1. The minimum Gasteiger partial charge on any atom is -0.493 e. The van der Waals surface area contributed by atoms with Crippen LogP contribution in [-0.4, -0.2) is 24.3 Å². The van der Waals surface area contributed by atoms with E-state index in [0.717, 1.165) is 34.1 Å². The smallest absolute Gasteiger partial charge is 0.273 e. The molecule has 0 aromatic heterocycles. The van der Waals surface area contributed by atoms with E-state index in [9.17, 15) is 14.4 Å². The average molecular weight is 490 g/mol. The molecule has 0 aliphatic rings. The minimum absolute atomic E-state index is 0.00269. The molecule has 0 unspecified atom stereocenters. The molecule has 2 aromatic rings. The Morgan fingerprint density at radius 3 is 2.42 bits per heavy atom. The molecule has 3 amide bonds. The number of benzene rings is 2. The molecule has 7 nitrogen and oxygen atoms in total. The fourth-order valence-electron chi connectivity index (χ4n) is 2.78. The van der Waals surface area contributed by atoms with Crippen molar-refractivity contribution < 1.29 is 19.1 Å². The van der Waals surface area contributed by atoms with Gasteiger partial charge in [-0.1, -0.05) is 47.0 Å². The molecule has 0 radical (unpaired) electrons. The Bertz CT molecular complexity index is 946. The first-order valence-electron chi connectivity index (χ1n) is 10.2. The molecule has 0 heterocycles. The molecule has 0 spiro atoms. The maximum Gasteiger partial charge on any atom is 0.273 e. The summed E-state index contributed by atoms with van der Waals surface area (Å²) < 4.78 is 6.38. The standard InChI is InChI=1S/C23H28BrN3O4/c1-4-5-12-31-20-9-7-17(24)14-18(20)23(30)27-26-22(29)11-10-21(28)25-19-8-6-15(2)13-16(19)3/h6-9,13-14H,4-5,10-12H2,1-3H3,(H,25,28)(H,26,29)(H,27,30). The number of amides is 3. The number of carbonyl (C=O) groups is 3. The van der Waals surface area contributed by atoms with Crippen molar-refractivity contribution in [3.8, 4) is 5.75 Å². The second kappa shape index (κ2) is 12.1. The van der Waals surface area contributed by atoms with Gasteiger partial charge in [0.15, 0.2) is 0 Å². The number of halogens is 1. The number of rotatable bonds is 9. The van der Waals surface area contributed by atoms with Crippen LogP contribution in [-0.2, 0) is 9.59 Å². The fourth-order valence-corrected chi connectivity index (χ4v) is 3.14. The summed E-state index contributed by atoms with van der Waals surface area (Å²) in [5, 5.41) is 2.79. The van der Waals surface area contributed by atoms with Crippen molar-refractivity contribution in [2.24, 2.45) is 0 Å². The first kappa shape index (κ1) is 24.4. The second-order valence-corrected chi connectivity index (χ2v) is 8.13. The fraction of sp³-hybridized carbons (Fsp3) is 0.348. The van der Waals surface area contributed by atoms with Gasteiger partial charge in [0.05, 0.1) is 12.2 Å². The molecular weight excluding hydrogens is 462 g/mol. The Hall–Kier alpha value is -2.87. The van der Waals surface area contributed by atoms with Gasteiger partial charge in [-0.2, -0.15) is 0 Å². The summed E-state index contributed by atoms with van der Waals surface area (Å²) in [5.74, 6) is -0.795. The summed E-state index contributed by atoms with van der Waals surface area (Å²) in [6.45, 7) is 6.44. The van der Waals surface area contributed by atoms with E-state index in [-0.39, 0.29) is 18.7 Å². The number of hydrogen-bond donors (Lipinski definition) is 3. The maximum atomic E-state index is 12.5. The summed E-state index contributed by atoms with van der Waals surface area (Å²) in [6, 6.07) is 10.8. The van der Waals surface area contributed by atoms with Crippen molar-refractivity contribution in [3.05, 3.63) is 57.6 Å². The number of ether oxygens (including phenoxy) is 1. The first-order valence-corrected chi connectivity index (χ1v) is 11.0. The van der Waals surface area contributed by atoms with Crippen LogP contribution in [0.4, 0.5) is 5.69 Å². The number of carbonyl (C=O) groups excluding carboxylic acids is 3. The Balaban J connectivity index is 1.83. The predicted molar refractivity (Wildman–Crippen MR) is 124 cm³/mol. The van der Waals surface area contributed by atoms with Crippen molar-refractivity contribution in [1.82, 2.24) is 10.9 Å². The number of hydrazine groups is 1. The third kappa shape index (κ3) is 8.05. The van der Waals surface area contributed by atoms with Crippen LogP contribution in [0.25, 0.3) is 0 Å². The Kier molecular flexibility index (Phi) is 9.52. The number of hydrogen-bond acceptors (Lipinski definition) is 4. The van der Waals surface area contributed by atoms with Crippen LogP contribution in [0, 0.1) is 13.8 Å². The van der Waals surface area contributed by atoms with E-state index in [1.54, 1.807) is 18.2 Å². The van der Waals surface area contributed by atoms with Crippen LogP contribution in [0.5, 0.6) is 5.75 Å². The van der Waals surface area contributed by atoms with Gasteiger partial charge in [0.25, 0.3) is 5.91 Å². The highest BCUT2D eigenvalue weighted by Gasteiger charge is 2.15. The van der Waals surface area contributed by atoms with E-state index < -0.39 is 11.8 Å². The van der Waals surface area contributed by atoms with E-state index in [1.807, 2.05) is 32.0 Å². The van der Waals surface area contributed by atoms with Crippen LogP contribution in [0.3, 0.4) is 0 Å². The molecule has 166 valence electrons. The number of unbranched alkanes of at least 4 members (excludes halogenated alkanes) is 1. The lowest BCUT2D eigenvalue weighted by Gasteiger charge is -2.13. The largest absolute Gasteiger partial charge is 0.493 e. The van der Waals surface area contributed by atoms with Crippen LogP contribution in [0.15, 0.2) is 40.9 Å². The Morgan fingerprint density at radius 1 is 0.968 bits per heavy atom. The molecule has 0 aliphatic carbocycles. The van der Waals surface area contributed by atoms with Crippen molar-refractivity contribution in [2.45, 2.75) is 46.5 Å². The summed E-state index contributed by atoms with van der Waals surface area (Å²) in [7, 11) is 0. The topological polar surface area (TPSA) is 96.5 Å². The molecule has 31 heavy (non-hydrogen) atoms. The molecule has 2 aromatic carbocycles. The first-order chi connectivity index (χ1) is 14.8. The molecule has 0 fully saturated rings. The van der Waals surface area contributed by atoms with Crippen LogP contribution < -0.4 is 20.9 Å². The minimum atomic E-state index is -0.499. The summed E-state index contributed by atoms with van der Waals surface area (Å²) in [6.07, 6.45) is 1.79. The van der Waals surface area contributed by atoms with E-state index in [2.05, 4.69) is 39.0 Å². The highest BCUT2D eigenvalue weighted by atomic mass is 79.9. The third-order valence-electron chi connectivity index (χ3n) is 4.49. The lowest BCUT2D eigenvalue weighted by molar-refractivity contribution is -0.124. The molecule has 3 N–H and O–H groups in total. The second-order valence-electron chi connectivity index (χ2n) is 7.21.